The van der Waals surface area contributed by atoms with E-state index in [4.69, 9.17) is 4.74 Å². The van der Waals surface area contributed by atoms with E-state index in [9.17, 15) is 8.42 Å². The van der Waals surface area contributed by atoms with Crippen molar-refractivity contribution in [1.82, 2.24) is 19.5 Å². The predicted molar refractivity (Wildman–Crippen MR) is 127 cm³/mol. The number of imidazole rings is 1. The van der Waals surface area contributed by atoms with Crippen molar-refractivity contribution in [2.75, 3.05) is 4.72 Å². The molecule has 4 aromatic rings. The molecule has 0 radical (unpaired) electrons. The molecule has 33 heavy (non-hydrogen) atoms. The number of anilines is 1. The van der Waals surface area contributed by atoms with Crippen LogP contribution in [-0.2, 0) is 10.0 Å². The molecule has 170 valence electrons. The van der Waals surface area contributed by atoms with Crippen LogP contribution in [0.15, 0.2) is 59.8 Å². The molecule has 0 atom stereocenters. The van der Waals surface area contributed by atoms with Crippen LogP contribution in [0.2, 0.25) is 0 Å². The number of rotatable bonds is 6. The van der Waals surface area contributed by atoms with E-state index < -0.39 is 10.0 Å². The summed E-state index contributed by atoms with van der Waals surface area (Å²) in [5, 5.41) is 0. The number of benzene rings is 2. The van der Waals surface area contributed by atoms with Crippen molar-refractivity contribution in [3.05, 3.63) is 83.2 Å². The van der Waals surface area contributed by atoms with E-state index in [2.05, 4.69) is 19.7 Å². The van der Waals surface area contributed by atoms with Crippen molar-refractivity contribution in [2.24, 2.45) is 0 Å². The van der Waals surface area contributed by atoms with Crippen molar-refractivity contribution in [3.8, 4) is 17.4 Å². The van der Waals surface area contributed by atoms with Gasteiger partial charge in [-0.05, 0) is 76.1 Å². The number of sulfonamides is 1. The smallest absolute Gasteiger partial charge is 0.262 e. The van der Waals surface area contributed by atoms with Gasteiger partial charge in [-0.3, -0.25) is 9.29 Å². The second-order valence-corrected chi connectivity index (χ2v) is 9.55. The third-order valence-electron chi connectivity index (χ3n) is 5.26. The summed E-state index contributed by atoms with van der Waals surface area (Å²) in [5.74, 6) is 2.12. The van der Waals surface area contributed by atoms with Crippen molar-refractivity contribution in [2.45, 2.75) is 39.5 Å². The summed E-state index contributed by atoms with van der Waals surface area (Å²) in [4.78, 5) is 13.4. The van der Waals surface area contributed by atoms with Gasteiger partial charge in [0.25, 0.3) is 10.0 Å². The molecule has 4 rings (SSSR count). The monoisotopic (exact) mass is 463 g/mol. The number of hydrogen-bond donors (Lipinski definition) is 1. The average molecular weight is 464 g/mol. The number of nitrogens with zero attached hydrogens (tertiary/aromatic N) is 4. The lowest BCUT2D eigenvalue weighted by Crippen LogP contribution is -2.14. The Hall–Kier alpha value is -3.72. The van der Waals surface area contributed by atoms with Crippen LogP contribution in [0.1, 0.15) is 28.3 Å². The minimum atomic E-state index is -3.70. The molecule has 2 heterocycles. The van der Waals surface area contributed by atoms with Crippen LogP contribution in [0.5, 0.6) is 11.6 Å². The summed E-state index contributed by atoms with van der Waals surface area (Å²) in [6, 6.07) is 13.7. The van der Waals surface area contributed by atoms with E-state index in [0.717, 1.165) is 17.0 Å². The highest BCUT2D eigenvalue weighted by Gasteiger charge is 2.17. The SMILES string of the molecule is Cc1ccc(C)c(S(=O)(=O)Nc2ccc(Oc3cc(-n4cnc(C)c4C)nc(C)n3)cc2)c1. The third-order valence-corrected chi connectivity index (χ3v) is 6.78. The Morgan fingerprint density at radius 3 is 2.30 bits per heavy atom. The van der Waals surface area contributed by atoms with Crippen molar-refractivity contribution >= 4 is 15.7 Å². The van der Waals surface area contributed by atoms with Gasteiger partial charge in [0.1, 0.15) is 23.7 Å². The van der Waals surface area contributed by atoms with E-state index in [-0.39, 0.29) is 4.90 Å². The first-order valence-corrected chi connectivity index (χ1v) is 11.9. The fraction of sp³-hybridized carbons (Fsp3) is 0.208. The first-order valence-electron chi connectivity index (χ1n) is 10.4. The van der Waals surface area contributed by atoms with E-state index in [1.807, 2.05) is 31.4 Å². The Bertz CT molecular complexity index is 1430. The Labute approximate surface area is 193 Å². The minimum Gasteiger partial charge on any atom is -0.439 e. The van der Waals surface area contributed by atoms with Crippen molar-refractivity contribution in [3.63, 3.8) is 0 Å². The molecule has 0 amide bonds. The lowest BCUT2D eigenvalue weighted by molar-refractivity contribution is 0.459. The van der Waals surface area contributed by atoms with Gasteiger partial charge in [-0.1, -0.05) is 12.1 Å². The van der Waals surface area contributed by atoms with Crippen LogP contribution in [0, 0.1) is 34.6 Å². The van der Waals surface area contributed by atoms with Crippen LogP contribution in [0.4, 0.5) is 5.69 Å². The second kappa shape index (κ2) is 8.67. The van der Waals surface area contributed by atoms with Crippen LogP contribution >= 0.6 is 0 Å². The van der Waals surface area contributed by atoms with Gasteiger partial charge in [0, 0.05) is 17.4 Å². The van der Waals surface area contributed by atoms with E-state index in [1.54, 1.807) is 62.6 Å². The highest BCUT2D eigenvalue weighted by Crippen LogP contribution is 2.26. The zero-order valence-corrected chi connectivity index (χ0v) is 19.9. The van der Waals surface area contributed by atoms with E-state index in [1.165, 1.54) is 0 Å². The molecule has 0 aliphatic rings. The highest BCUT2D eigenvalue weighted by atomic mass is 32.2. The standard InChI is InChI=1S/C24H25N5O3S/c1-15-6-7-16(2)22(12-15)33(30,31)28-20-8-10-21(11-9-20)32-24-13-23(26-19(5)27-24)29-14-25-17(3)18(29)4/h6-14,28H,1-5H3. The largest absolute Gasteiger partial charge is 0.439 e. The maximum Gasteiger partial charge on any atom is 0.262 e. The van der Waals surface area contributed by atoms with Crippen LogP contribution < -0.4 is 9.46 Å². The van der Waals surface area contributed by atoms with Gasteiger partial charge in [0.05, 0.1) is 10.6 Å². The first-order chi connectivity index (χ1) is 15.6. The van der Waals surface area contributed by atoms with Crippen LogP contribution in [0.3, 0.4) is 0 Å². The van der Waals surface area contributed by atoms with Gasteiger partial charge < -0.3 is 4.74 Å². The first kappa shape index (κ1) is 22.5. The van der Waals surface area contributed by atoms with Gasteiger partial charge in [0.2, 0.25) is 5.88 Å². The van der Waals surface area contributed by atoms with Gasteiger partial charge in [0.15, 0.2) is 0 Å². The Balaban J connectivity index is 1.54. The fourth-order valence-electron chi connectivity index (χ4n) is 3.35. The molecule has 0 fully saturated rings. The number of ether oxygens (including phenoxy) is 1. The van der Waals surface area contributed by atoms with E-state index in [0.29, 0.717) is 34.5 Å². The number of aryl methyl sites for hydroxylation is 4. The van der Waals surface area contributed by atoms with E-state index >= 15 is 0 Å². The van der Waals surface area contributed by atoms with Crippen molar-refractivity contribution in [1.29, 1.82) is 0 Å². The molecule has 0 saturated carbocycles. The Kier molecular flexibility index (Phi) is 5.90. The maximum atomic E-state index is 12.8. The number of hydrogen-bond acceptors (Lipinski definition) is 6. The molecule has 0 aliphatic heterocycles. The Morgan fingerprint density at radius 2 is 1.64 bits per heavy atom. The summed E-state index contributed by atoms with van der Waals surface area (Å²) in [5.41, 5.74) is 3.91. The molecule has 2 aromatic heterocycles. The molecule has 0 spiro atoms. The molecular weight excluding hydrogens is 438 g/mol. The van der Waals surface area contributed by atoms with Crippen LogP contribution in [0.25, 0.3) is 5.82 Å². The van der Waals surface area contributed by atoms with Gasteiger partial charge in [-0.2, -0.15) is 4.98 Å². The molecule has 0 unspecified atom stereocenters. The lowest BCUT2D eigenvalue weighted by Gasteiger charge is -2.12. The zero-order valence-electron chi connectivity index (χ0n) is 19.1. The molecular formula is C24H25N5O3S. The maximum absolute atomic E-state index is 12.8. The lowest BCUT2D eigenvalue weighted by atomic mass is 10.2. The molecule has 2 aromatic carbocycles. The van der Waals surface area contributed by atoms with Gasteiger partial charge in [-0.25, -0.2) is 18.4 Å². The predicted octanol–water partition coefficient (Wildman–Crippen LogP) is 4.80. The molecule has 0 aliphatic carbocycles. The fourth-order valence-corrected chi connectivity index (χ4v) is 4.74. The summed E-state index contributed by atoms with van der Waals surface area (Å²) < 4.78 is 36.1. The third kappa shape index (κ3) is 4.88. The molecule has 1 N–H and O–H groups in total. The summed E-state index contributed by atoms with van der Waals surface area (Å²) in [7, 11) is -3.70. The summed E-state index contributed by atoms with van der Waals surface area (Å²) in [6.07, 6.45) is 1.72. The Morgan fingerprint density at radius 1 is 0.909 bits per heavy atom. The number of nitrogens with one attached hydrogen (secondary N) is 1. The molecule has 0 bridgehead atoms. The molecule has 8 nitrogen and oxygen atoms in total. The summed E-state index contributed by atoms with van der Waals surface area (Å²) >= 11 is 0. The molecule has 0 saturated heterocycles. The van der Waals surface area contributed by atoms with Gasteiger partial charge >= 0.3 is 0 Å². The van der Waals surface area contributed by atoms with Gasteiger partial charge in [-0.15, -0.1) is 0 Å². The normalized spacial score (nSPS) is 11.4. The summed E-state index contributed by atoms with van der Waals surface area (Å²) in [6.45, 7) is 9.34. The average Bonchev–Trinajstić information content (AvgIpc) is 3.09. The quantitative estimate of drug-likeness (QED) is 0.441. The number of aromatic nitrogens is 4. The highest BCUT2D eigenvalue weighted by molar-refractivity contribution is 7.92. The van der Waals surface area contributed by atoms with Crippen LogP contribution in [-0.4, -0.2) is 27.9 Å². The molecule has 9 heteroatoms. The van der Waals surface area contributed by atoms with Crippen molar-refractivity contribution < 1.29 is 13.2 Å². The topological polar surface area (TPSA) is 99.0 Å². The zero-order chi connectivity index (χ0) is 23.8. The minimum absolute atomic E-state index is 0.261. The second-order valence-electron chi connectivity index (χ2n) is 7.90.